The van der Waals surface area contributed by atoms with Gasteiger partial charge in [-0.1, -0.05) is 19.8 Å². The number of nitrogens with zero attached hydrogens (tertiary/aromatic N) is 4. The van der Waals surface area contributed by atoms with Crippen molar-refractivity contribution in [1.82, 2.24) is 14.9 Å². The molecular weight excluding hydrogens is 288 g/mol. The lowest BCUT2D eigenvalue weighted by Crippen LogP contribution is -2.39. The molecule has 0 saturated carbocycles. The summed E-state index contributed by atoms with van der Waals surface area (Å²) in [6.07, 6.45) is 7.23. The van der Waals surface area contributed by atoms with E-state index < -0.39 is 0 Å². The monoisotopic (exact) mass is 316 g/mol. The molecular formula is C18H28N4O. The molecule has 23 heavy (non-hydrogen) atoms. The van der Waals surface area contributed by atoms with Gasteiger partial charge in [0.25, 0.3) is 5.91 Å². The average molecular weight is 316 g/mol. The van der Waals surface area contributed by atoms with E-state index in [0.29, 0.717) is 11.6 Å². The Labute approximate surface area is 139 Å². The number of anilines is 1. The van der Waals surface area contributed by atoms with Gasteiger partial charge in [-0.2, -0.15) is 0 Å². The molecule has 126 valence electrons. The SMILES string of the molecule is Cc1cc(C(=O)N2CCC[C@@H](C)C2)nc(N2CCCCCC2)n1. The largest absolute Gasteiger partial charge is 0.341 e. The summed E-state index contributed by atoms with van der Waals surface area (Å²) < 4.78 is 0. The van der Waals surface area contributed by atoms with E-state index in [0.717, 1.165) is 44.2 Å². The summed E-state index contributed by atoms with van der Waals surface area (Å²) in [5.74, 6) is 1.39. The first-order chi connectivity index (χ1) is 11.1. The number of carbonyl (C=O) groups is 1. The van der Waals surface area contributed by atoms with Crippen LogP contribution in [0.15, 0.2) is 6.07 Å². The standard InChI is InChI=1S/C18H28N4O/c1-14-8-7-11-22(13-14)17(23)16-12-15(2)19-18(20-16)21-9-5-3-4-6-10-21/h12,14H,3-11,13H2,1-2H3/t14-/m1/s1. The molecule has 3 heterocycles. The molecule has 2 aliphatic rings. The fourth-order valence-electron chi connectivity index (χ4n) is 3.61. The van der Waals surface area contributed by atoms with Crippen LogP contribution < -0.4 is 4.90 Å². The maximum atomic E-state index is 12.8. The summed E-state index contributed by atoms with van der Waals surface area (Å²) in [6.45, 7) is 7.87. The highest BCUT2D eigenvalue weighted by atomic mass is 16.2. The van der Waals surface area contributed by atoms with E-state index in [4.69, 9.17) is 0 Å². The number of hydrogen-bond donors (Lipinski definition) is 0. The molecule has 2 saturated heterocycles. The predicted molar refractivity (Wildman–Crippen MR) is 91.8 cm³/mol. The van der Waals surface area contributed by atoms with Crippen LogP contribution in [0.3, 0.4) is 0 Å². The number of likely N-dealkylation sites (tertiary alicyclic amines) is 1. The molecule has 5 heteroatoms. The first-order valence-electron chi connectivity index (χ1n) is 9.03. The van der Waals surface area contributed by atoms with E-state index in [-0.39, 0.29) is 5.91 Å². The van der Waals surface area contributed by atoms with Crippen molar-refractivity contribution >= 4 is 11.9 Å². The van der Waals surface area contributed by atoms with Crippen LogP contribution in [0, 0.1) is 12.8 Å². The van der Waals surface area contributed by atoms with Gasteiger partial charge in [-0.25, -0.2) is 9.97 Å². The molecule has 2 fully saturated rings. The second-order valence-corrected chi connectivity index (χ2v) is 7.09. The van der Waals surface area contributed by atoms with Crippen LogP contribution in [0.4, 0.5) is 5.95 Å². The highest BCUT2D eigenvalue weighted by Gasteiger charge is 2.24. The van der Waals surface area contributed by atoms with Gasteiger partial charge in [-0.05, 0) is 44.6 Å². The molecule has 1 atom stereocenters. The van der Waals surface area contributed by atoms with E-state index in [2.05, 4.69) is 21.8 Å². The minimum atomic E-state index is 0.0677. The maximum absolute atomic E-state index is 12.8. The number of piperidine rings is 1. The van der Waals surface area contributed by atoms with Crippen LogP contribution >= 0.6 is 0 Å². The first kappa shape index (κ1) is 16.2. The Balaban J connectivity index is 1.80. The molecule has 1 amide bonds. The van der Waals surface area contributed by atoms with Crippen LogP contribution in [-0.4, -0.2) is 47.0 Å². The molecule has 0 spiro atoms. The lowest BCUT2D eigenvalue weighted by atomic mass is 10.00. The highest BCUT2D eigenvalue weighted by Crippen LogP contribution is 2.20. The molecule has 0 bridgehead atoms. The number of rotatable bonds is 2. The van der Waals surface area contributed by atoms with Crippen LogP contribution in [0.2, 0.25) is 0 Å². The number of hydrogen-bond acceptors (Lipinski definition) is 4. The molecule has 2 aliphatic heterocycles. The highest BCUT2D eigenvalue weighted by molar-refractivity contribution is 5.92. The molecule has 0 radical (unpaired) electrons. The van der Waals surface area contributed by atoms with Crippen LogP contribution in [0.25, 0.3) is 0 Å². The van der Waals surface area contributed by atoms with Gasteiger partial charge in [0.2, 0.25) is 5.95 Å². The minimum absolute atomic E-state index is 0.0677. The topological polar surface area (TPSA) is 49.3 Å². The Bertz CT molecular complexity index is 552. The first-order valence-corrected chi connectivity index (χ1v) is 9.03. The normalized spacial score (nSPS) is 22.8. The van der Waals surface area contributed by atoms with Gasteiger partial charge in [0.15, 0.2) is 0 Å². The molecule has 1 aromatic rings. The summed E-state index contributed by atoms with van der Waals surface area (Å²) in [7, 11) is 0. The smallest absolute Gasteiger partial charge is 0.272 e. The Hall–Kier alpha value is -1.65. The third kappa shape index (κ3) is 4.01. The molecule has 0 N–H and O–H groups in total. The Morgan fingerprint density at radius 2 is 1.83 bits per heavy atom. The van der Waals surface area contributed by atoms with Gasteiger partial charge < -0.3 is 9.80 Å². The zero-order chi connectivity index (χ0) is 16.2. The van der Waals surface area contributed by atoms with Crippen molar-refractivity contribution in [2.24, 2.45) is 5.92 Å². The summed E-state index contributed by atoms with van der Waals surface area (Å²) in [4.78, 5) is 26.2. The van der Waals surface area contributed by atoms with Crippen molar-refractivity contribution in [3.8, 4) is 0 Å². The molecule has 0 unspecified atom stereocenters. The van der Waals surface area contributed by atoms with Crippen LogP contribution in [0.5, 0.6) is 0 Å². The van der Waals surface area contributed by atoms with Crippen LogP contribution in [0.1, 0.15) is 61.6 Å². The van der Waals surface area contributed by atoms with Gasteiger partial charge in [0.05, 0.1) is 0 Å². The second-order valence-electron chi connectivity index (χ2n) is 7.09. The summed E-state index contributed by atoms with van der Waals surface area (Å²) in [6, 6.07) is 1.84. The van der Waals surface area contributed by atoms with Gasteiger partial charge in [-0.15, -0.1) is 0 Å². The second kappa shape index (κ2) is 7.28. The van der Waals surface area contributed by atoms with Crippen molar-refractivity contribution in [2.45, 2.75) is 52.4 Å². The molecule has 0 aromatic carbocycles. The van der Waals surface area contributed by atoms with Crippen molar-refractivity contribution in [3.63, 3.8) is 0 Å². The zero-order valence-corrected chi connectivity index (χ0v) is 14.4. The molecule has 0 aliphatic carbocycles. The lowest BCUT2D eigenvalue weighted by molar-refractivity contribution is 0.0677. The lowest BCUT2D eigenvalue weighted by Gasteiger charge is -2.31. The van der Waals surface area contributed by atoms with Crippen LogP contribution in [-0.2, 0) is 0 Å². The van der Waals surface area contributed by atoms with Crippen molar-refractivity contribution in [2.75, 3.05) is 31.1 Å². The van der Waals surface area contributed by atoms with E-state index in [1.807, 2.05) is 17.9 Å². The van der Waals surface area contributed by atoms with Gasteiger partial charge in [-0.3, -0.25) is 4.79 Å². The fraction of sp³-hybridized carbons (Fsp3) is 0.722. The van der Waals surface area contributed by atoms with Gasteiger partial charge >= 0.3 is 0 Å². The Morgan fingerprint density at radius 3 is 2.52 bits per heavy atom. The Morgan fingerprint density at radius 1 is 1.09 bits per heavy atom. The minimum Gasteiger partial charge on any atom is -0.341 e. The maximum Gasteiger partial charge on any atom is 0.272 e. The predicted octanol–water partition coefficient (Wildman–Crippen LogP) is 3.04. The molecule has 5 nitrogen and oxygen atoms in total. The number of amides is 1. The summed E-state index contributed by atoms with van der Waals surface area (Å²) >= 11 is 0. The summed E-state index contributed by atoms with van der Waals surface area (Å²) in [5, 5.41) is 0. The van der Waals surface area contributed by atoms with E-state index in [9.17, 15) is 4.79 Å². The van der Waals surface area contributed by atoms with E-state index >= 15 is 0 Å². The summed E-state index contributed by atoms with van der Waals surface area (Å²) in [5.41, 5.74) is 1.44. The number of carbonyl (C=O) groups excluding carboxylic acids is 1. The number of aryl methyl sites for hydroxylation is 1. The molecule has 1 aromatic heterocycles. The third-order valence-electron chi connectivity index (χ3n) is 4.89. The van der Waals surface area contributed by atoms with Gasteiger partial charge in [0, 0.05) is 31.9 Å². The quantitative estimate of drug-likeness (QED) is 0.841. The number of aromatic nitrogens is 2. The third-order valence-corrected chi connectivity index (χ3v) is 4.89. The van der Waals surface area contributed by atoms with E-state index in [1.165, 1.54) is 32.1 Å². The fourth-order valence-corrected chi connectivity index (χ4v) is 3.61. The van der Waals surface area contributed by atoms with Gasteiger partial charge in [0.1, 0.15) is 5.69 Å². The average Bonchev–Trinajstić information content (AvgIpc) is 2.83. The Kier molecular flexibility index (Phi) is 5.13. The molecule has 3 rings (SSSR count). The van der Waals surface area contributed by atoms with E-state index in [1.54, 1.807) is 0 Å². The van der Waals surface area contributed by atoms with Crippen molar-refractivity contribution in [1.29, 1.82) is 0 Å². The van der Waals surface area contributed by atoms with Crippen molar-refractivity contribution in [3.05, 3.63) is 17.5 Å². The van der Waals surface area contributed by atoms with Crippen molar-refractivity contribution < 1.29 is 4.79 Å². The zero-order valence-electron chi connectivity index (χ0n) is 14.4.